The number of carbonyl (C=O) groups is 1. The Labute approximate surface area is 72.4 Å². The number of aliphatic carboxylic acids is 1. The van der Waals surface area contributed by atoms with Gasteiger partial charge in [-0.15, -0.1) is 0 Å². The molecule has 1 unspecified atom stereocenters. The smallest absolute Gasteiger partial charge is 0.320 e. The number of carboxylic acids is 1. The first-order valence-electron chi connectivity index (χ1n) is 3.89. The lowest BCUT2D eigenvalue weighted by Crippen LogP contribution is -2.36. The monoisotopic (exact) mass is 170 g/mol. The van der Waals surface area contributed by atoms with Crippen LogP contribution in [0.2, 0.25) is 0 Å². The lowest BCUT2D eigenvalue weighted by molar-refractivity contribution is -0.142. The van der Waals surface area contributed by atoms with Gasteiger partial charge in [0.05, 0.1) is 6.07 Å². The summed E-state index contributed by atoms with van der Waals surface area (Å²) >= 11 is 0. The highest BCUT2D eigenvalue weighted by Gasteiger charge is 2.15. The van der Waals surface area contributed by atoms with Crippen LogP contribution in [0, 0.1) is 11.3 Å². The van der Waals surface area contributed by atoms with Crippen molar-refractivity contribution >= 4 is 5.97 Å². The Morgan fingerprint density at radius 2 is 2.33 bits per heavy atom. The van der Waals surface area contributed by atoms with Crippen LogP contribution in [0.1, 0.15) is 19.8 Å². The van der Waals surface area contributed by atoms with Crippen molar-refractivity contribution in [2.75, 3.05) is 13.6 Å². The van der Waals surface area contributed by atoms with E-state index in [1.807, 2.05) is 6.07 Å². The third-order valence-electron chi connectivity index (χ3n) is 1.82. The number of carboxylic acid groups (broad SMARTS) is 1. The maximum atomic E-state index is 10.5. The number of hydrogen-bond acceptors (Lipinski definition) is 3. The van der Waals surface area contributed by atoms with E-state index in [1.54, 1.807) is 18.9 Å². The van der Waals surface area contributed by atoms with E-state index in [1.165, 1.54) is 0 Å². The SMILES string of the molecule is CC(C(=O)O)N(C)CCCC#N. The molecule has 4 nitrogen and oxygen atoms in total. The molecule has 12 heavy (non-hydrogen) atoms. The molecule has 1 N–H and O–H groups in total. The summed E-state index contributed by atoms with van der Waals surface area (Å²) in [7, 11) is 1.75. The van der Waals surface area contributed by atoms with Crippen molar-refractivity contribution in [1.82, 2.24) is 4.90 Å². The van der Waals surface area contributed by atoms with Crippen molar-refractivity contribution in [2.45, 2.75) is 25.8 Å². The van der Waals surface area contributed by atoms with E-state index < -0.39 is 12.0 Å². The molecule has 0 spiro atoms. The molecule has 0 saturated carbocycles. The predicted molar refractivity (Wildman–Crippen MR) is 44.6 cm³/mol. The van der Waals surface area contributed by atoms with Crippen LogP contribution < -0.4 is 0 Å². The molecule has 0 aliphatic carbocycles. The molecule has 0 bridgehead atoms. The van der Waals surface area contributed by atoms with E-state index in [0.717, 1.165) is 6.42 Å². The largest absolute Gasteiger partial charge is 0.480 e. The summed E-state index contributed by atoms with van der Waals surface area (Å²) < 4.78 is 0. The summed E-state index contributed by atoms with van der Waals surface area (Å²) in [5, 5.41) is 16.8. The van der Waals surface area contributed by atoms with Gasteiger partial charge in [-0.25, -0.2) is 0 Å². The minimum atomic E-state index is -0.825. The quantitative estimate of drug-likeness (QED) is 0.617. The molecule has 1 atom stereocenters. The minimum Gasteiger partial charge on any atom is -0.480 e. The maximum absolute atomic E-state index is 10.5. The Balaban J connectivity index is 3.65. The standard InChI is InChI=1S/C8H14N2O2/c1-7(8(11)12)10(2)6-4-3-5-9/h7H,3-4,6H2,1-2H3,(H,11,12). The van der Waals surface area contributed by atoms with E-state index in [4.69, 9.17) is 10.4 Å². The van der Waals surface area contributed by atoms with Crippen LogP contribution in [-0.4, -0.2) is 35.6 Å². The third kappa shape index (κ3) is 3.94. The van der Waals surface area contributed by atoms with Gasteiger partial charge in [-0.05, 0) is 26.9 Å². The number of nitrogens with zero attached hydrogens (tertiary/aromatic N) is 2. The maximum Gasteiger partial charge on any atom is 0.320 e. The molecule has 0 aliphatic heterocycles. The van der Waals surface area contributed by atoms with Crippen LogP contribution >= 0.6 is 0 Å². The van der Waals surface area contributed by atoms with Crippen LogP contribution in [0.4, 0.5) is 0 Å². The highest BCUT2D eigenvalue weighted by molar-refractivity contribution is 5.72. The topological polar surface area (TPSA) is 64.3 Å². The number of hydrogen-bond donors (Lipinski definition) is 1. The normalized spacial score (nSPS) is 12.5. The molecule has 0 fully saturated rings. The molecule has 0 saturated heterocycles. The van der Waals surface area contributed by atoms with Gasteiger partial charge in [0.1, 0.15) is 6.04 Å². The van der Waals surface area contributed by atoms with Crippen LogP contribution in [0.25, 0.3) is 0 Å². The summed E-state index contributed by atoms with van der Waals surface area (Å²) in [6, 6.07) is 1.55. The van der Waals surface area contributed by atoms with Gasteiger partial charge < -0.3 is 5.11 Å². The second kappa shape index (κ2) is 5.56. The highest BCUT2D eigenvalue weighted by atomic mass is 16.4. The van der Waals surface area contributed by atoms with Crippen LogP contribution in [0.3, 0.4) is 0 Å². The summed E-state index contributed by atoms with van der Waals surface area (Å²) in [4.78, 5) is 12.2. The molecule has 0 rings (SSSR count). The highest BCUT2D eigenvalue weighted by Crippen LogP contribution is 1.98. The van der Waals surface area contributed by atoms with E-state index in [2.05, 4.69) is 0 Å². The van der Waals surface area contributed by atoms with Crippen LogP contribution in [-0.2, 0) is 4.79 Å². The Hall–Kier alpha value is -1.08. The average molecular weight is 170 g/mol. The van der Waals surface area contributed by atoms with Gasteiger partial charge >= 0.3 is 5.97 Å². The Morgan fingerprint density at radius 3 is 2.75 bits per heavy atom. The van der Waals surface area contributed by atoms with Crippen molar-refractivity contribution in [3.05, 3.63) is 0 Å². The van der Waals surface area contributed by atoms with Crippen LogP contribution in [0.5, 0.6) is 0 Å². The molecule has 0 aromatic heterocycles. The molecule has 0 heterocycles. The molecule has 0 aromatic rings. The average Bonchev–Trinajstić information content (AvgIpc) is 2.03. The molecule has 0 radical (unpaired) electrons. The molecule has 0 amide bonds. The lowest BCUT2D eigenvalue weighted by Gasteiger charge is -2.19. The predicted octanol–water partition coefficient (Wildman–Crippen LogP) is 0.695. The van der Waals surface area contributed by atoms with E-state index in [0.29, 0.717) is 13.0 Å². The van der Waals surface area contributed by atoms with Gasteiger partial charge in [0.2, 0.25) is 0 Å². The fraction of sp³-hybridized carbons (Fsp3) is 0.750. The van der Waals surface area contributed by atoms with Crippen LogP contribution in [0.15, 0.2) is 0 Å². The van der Waals surface area contributed by atoms with Gasteiger partial charge in [-0.3, -0.25) is 9.69 Å². The van der Waals surface area contributed by atoms with E-state index in [-0.39, 0.29) is 0 Å². The molecular weight excluding hydrogens is 156 g/mol. The molecule has 4 heteroatoms. The molecule has 0 aliphatic rings. The van der Waals surface area contributed by atoms with Gasteiger partial charge in [-0.1, -0.05) is 0 Å². The fourth-order valence-electron chi connectivity index (χ4n) is 0.790. The molecule has 0 aromatic carbocycles. The van der Waals surface area contributed by atoms with Gasteiger partial charge in [0, 0.05) is 6.42 Å². The van der Waals surface area contributed by atoms with Crippen molar-refractivity contribution in [2.24, 2.45) is 0 Å². The minimum absolute atomic E-state index is 0.469. The fourth-order valence-corrected chi connectivity index (χ4v) is 0.790. The first kappa shape index (κ1) is 10.9. The van der Waals surface area contributed by atoms with Gasteiger partial charge in [-0.2, -0.15) is 5.26 Å². The second-order valence-electron chi connectivity index (χ2n) is 2.76. The van der Waals surface area contributed by atoms with Crippen molar-refractivity contribution in [3.63, 3.8) is 0 Å². The number of nitriles is 1. The second-order valence-corrected chi connectivity index (χ2v) is 2.76. The Morgan fingerprint density at radius 1 is 1.75 bits per heavy atom. The molecular formula is C8H14N2O2. The first-order valence-corrected chi connectivity index (χ1v) is 3.89. The third-order valence-corrected chi connectivity index (χ3v) is 1.82. The zero-order valence-corrected chi connectivity index (χ0v) is 7.45. The Kier molecular flexibility index (Phi) is 5.06. The first-order chi connectivity index (χ1) is 5.59. The van der Waals surface area contributed by atoms with Gasteiger partial charge in [0.25, 0.3) is 0 Å². The number of unbranched alkanes of at least 4 members (excludes halogenated alkanes) is 1. The summed E-state index contributed by atoms with van der Waals surface area (Å²) in [6.45, 7) is 2.29. The summed E-state index contributed by atoms with van der Waals surface area (Å²) in [5.41, 5.74) is 0. The Bertz CT molecular complexity index is 186. The van der Waals surface area contributed by atoms with E-state index in [9.17, 15) is 4.79 Å². The zero-order chi connectivity index (χ0) is 9.56. The summed E-state index contributed by atoms with van der Waals surface area (Å²) in [5.74, 6) is -0.825. The van der Waals surface area contributed by atoms with Crippen molar-refractivity contribution < 1.29 is 9.90 Å². The number of rotatable bonds is 5. The van der Waals surface area contributed by atoms with E-state index >= 15 is 0 Å². The zero-order valence-electron chi connectivity index (χ0n) is 7.45. The lowest BCUT2D eigenvalue weighted by atomic mass is 10.2. The summed E-state index contributed by atoms with van der Waals surface area (Å²) in [6.07, 6.45) is 1.21. The molecule has 68 valence electrons. The van der Waals surface area contributed by atoms with Crippen molar-refractivity contribution in [3.8, 4) is 6.07 Å². The van der Waals surface area contributed by atoms with Gasteiger partial charge in [0.15, 0.2) is 0 Å². The number of likely N-dealkylation sites (N-methyl/N-ethyl adjacent to an activating group) is 1. The van der Waals surface area contributed by atoms with Crippen molar-refractivity contribution in [1.29, 1.82) is 5.26 Å².